The molecule has 0 aromatic rings. The van der Waals surface area contributed by atoms with Gasteiger partial charge in [-0.3, -0.25) is 9.59 Å². The van der Waals surface area contributed by atoms with Crippen molar-refractivity contribution in [1.82, 2.24) is 21.3 Å². The standard InChI is InChI=1S/C11H23N5O3/c1-6(12)7(2)15-11(19)16-8(3)10(18)14-5-9(17)13-4/h6-8H,5,12H2,1-4H3,(H,13,17)(H,14,18)(H2,15,16,19). The predicted molar refractivity (Wildman–Crippen MR) is 71.3 cm³/mol. The van der Waals surface area contributed by atoms with E-state index < -0.39 is 18.0 Å². The maximum Gasteiger partial charge on any atom is 0.315 e. The molecule has 0 heterocycles. The van der Waals surface area contributed by atoms with Crippen LogP contribution in [0.3, 0.4) is 0 Å². The van der Waals surface area contributed by atoms with Gasteiger partial charge in [-0.15, -0.1) is 0 Å². The van der Waals surface area contributed by atoms with Gasteiger partial charge in [-0.05, 0) is 20.8 Å². The summed E-state index contributed by atoms with van der Waals surface area (Å²) in [5, 5.41) is 9.83. The number of carbonyl (C=O) groups is 3. The molecule has 3 atom stereocenters. The Labute approximate surface area is 112 Å². The second-order valence-electron chi connectivity index (χ2n) is 4.38. The Morgan fingerprint density at radius 2 is 1.68 bits per heavy atom. The lowest BCUT2D eigenvalue weighted by atomic mass is 10.2. The Morgan fingerprint density at radius 1 is 1.11 bits per heavy atom. The predicted octanol–water partition coefficient (Wildman–Crippen LogP) is -1.73. The molecule has 110 valence electrons. The van der Waals surface area contributed by atoms with E-state index in [4.69, 9.17) is 5.73 Å². The lowest BCUT2D eigenvalue weighted by Crippen LogP contribution is -2.53. The number of hydrogen-bond acceptors (Lipinski definition) is 4. The van der Waals surface area contributed by atoms with Crippen molar-refractivity contribution in [3.8, 4) is 0 Å². The molecule has 0 aromatic carbocycles. The number of urea groups is 1. The summed E-state index contributed by atoms with van der Waals surface area (Å²) in [7, 11) is 1.47. The van der Waals surface area contributed by atoms with Crippen LogP contribution < -0.4 is 27.0 Å². The topological polar surface area (TPSA) is 125 Å². The van der Waals surface area contributed by atoms with Gasteiger partial charge in [0.15, 0.2) is 0 Å². The summed E-state index contributed by atoms with van der Waals surface area (Å²) in [5.74, 6) is -0.747. The zero-order chi connectivity index (χ0) is 15.0. The summed E-state index contributed by atoms with van der Waals surface area (Å²) in [6.45, 7) is 4.93. The molecular formula is C11H23N5O3. The molecule has 8 heteroatoms. The zero-order valence-electron chi connectivity index (χ0n) is 11.7. The van der Waals surface area contributed by atoms with Crippen molar-refractivity contribution in [2.75, 3.05) is 13.6 Å². The molecule has 0 spiro atoms. The van der Waals surface area contributed by atoms with Crippen molar-refractivity contribution in [2.45, 2.75) is 38.9 Å². The fraction of sp³-hybridized carbons (Fsp3) is 0.727. The van der Waals surface area contributed by atoms with Gasteiger partial charge in [-0.1, -0.05) is 0 Å². The van der Waals surface area contributed by atoms with Gasteiger partial charge in [0, 0.05) is 19.1 Å². The highest BCUT2D eigenvalue weighted by molar-refractivity contribution is 5.89. The summed E-state index contributed by atoms with van der Waals surface area (Å²) in [4.78, 5) is 34.0. The van der Waals surface area contributed by atoms with Crippen LogP contribution in [0.1, 0.15) is 20.8 Å². The van der Waals surface area contributed by atoms with Crippen LogP contribution in [0, 0.1) is 0 Å². The molecule has 8 nitrogen and oxygen atoms in total. The van der Waals surface area contributed by atoms with Crippen molar-refractivity contribution in [1.29, 1.82) is 0 Å². The summed E-state index contributed by atoms with van der Waals surface area (Å²) in [5.41, 5.74) is 5.60. The number of nitrogens with one attached hydrogen (secondary N) is 4. The third-order valence-electron chi connectivity index (χ3n) is 2.59. The minimum absolute atomic E-state index is 0.126. The van der Waals surface area contributed by atoms with Crippen LogP contribution in [0.5, 0.6) is 0 Å². The van der Waals surface area contributed by atoms with E-state index in [2.05, 4.69) is 21.3 Å². The molecule has 4 amide bonds. The van der Waals surface area contributed by atoms with E-state index in [9.17, 15) is 14.4 Å². The van der Waals surface area contributed by atoms with Gasteiger partial charge >= 0.3 is 6.03 Å². The van der Waals surface area contributed by atoms with Crippen LogP contribution in [-0.2, 0) is 9.59 Å². The molecular weight excluding hydrogens is 250 g/mol. The molecule has 0 aliphatic rings. The highest BCUT2D eigenvalue weighted by Gasteiger charge is 2.17. The van der Waals surface area contributed by atoms with Crippen LogP contribution in [0.4, 0.5) is 4.79 Å². The molecule has 0 saturated heterocycles. The fourth-order valence-electron chi connectivity index (χ4n) is 1.05. The van der Waals surface area contributed by atoms with Crippen molar-refractivity contribution in [3.63, 3.8) is 0 Å². The van der Waals surface area contributed by atoms with Gasteiger partial charge in [0.1, 0.15) is 6.04 Å². The second-order valence-corrected chi connectivity index (χ2v) is 4.38. The Morgan fingerprint density at radius 3 is 2.16 bits per heavy atom. The minimum atomic E-state index is -0.745. The molecule has 19 heavy (non-hydrogen) atoms. The van der Waals surface area contributed by atoms with Gasteiger partial charge < -0.3 is 27.0 Å². The fourth-order valence-corrected chi connectivity index (χ4v) is 1.05. The lowest BCUT2D eigenvalue weighted by Gasteiger charge is -2.20. The molecule has 3 unspecified atom stereocenters. The first-order valence-electron chi connectivity index (χ1n) is 6.08. The highest BCUT2D eigenvalue weighted by Crippen LogP contribution is 1.88. The van der Waals surface area contributed by atoms with Crippen LogP contribution in [0.15, 0.2) is 0 Å². The van der Waals surface area contributed by atoms with E-state index >= 15 is 0 Å². The summed E-state index contributed by atoms with van der Waals surface area (Å²) in [6, 6.07) is -1.62. The van der Waals surface area contributed by atoms with Crippen LogP contribution in [0.25, 0.3) is 0 Å². The molecule has 0 fully saturated rings. The van der Waals surface area contributed by atoms with Gasteiger partial charge in [-0.25, -0.2) is 4.79 Å². The summed E-state index contributed by atoms with van der Waals surface area (Å²) >= 11 is 0. The zero-order valence-corrected chi connectivity index (χ0v) is 11.7. The van der Waals surface area contributed by atoms with Gasteiger partial charge in [0.25, 0.3) is 0 Å². The molecule has 0 bridgehead atoms. The largest absolute Gasteiger partial charge is 0.358 e. The average Bonchev–Trinajstić information content (AvgIpc) is 2.34. The minimum Gasteiger partial charge on any atom is -0.358 e. The van der Waals surface area contributed by atoms with Crippen molar-refractivity contribution >= 4 is 17.8 Å². The third kappa shape index (κ3) is 7.24. The number of amides is 4. The monoisotopic (exact) mass is 273 g/mol. The van der Waals surface area contributed by atoms with E-state index in [1.165, 1.54) is 14.0 Å². The number of likely N-dealkylation sites (N-methyl/N-ethyl adjacent to an activating group) is 1. The van der Waals surface area contributed by atoms with Crippen LogP contribution in [-0.4, -0.2) is 49.6 Å². The molecule has 0 aromatic heterocycles. The molecule has 6 N–H and O–H groups in total. The Bertz CT molecular complexity index is 332. The maximum atomic E-state index is 11.6. The lowest BCUT2D eigenvalue weighted by molar-refractivity contribution is -0.126. The first kappa shape index (κ1) is 17.2. The quantitative estimate of drug-likeness (QED) is 0.394. The molecule has 0 aliphatic carbocycles. The molecule has 0 aliphatic heterocycles. The average molecular weight is 273 g/mol. The second kappa shape index (κ2) is 8.30. The number of nitrogens with two attached hydrogens (primary N) is 1. The Kier molecular flexibility index (Phi) is 7.50. The number of rotatable bonds is 6. The smallest absolute Gasteiger partial charge is 0.315 e. The molecule has 0 radical (unpaired) electrons. The van der Waals surface area contributed by atoms with E-state index in [0.717, 1.165) is 0 Å². The van der Waals surface area contributed by atoms with Crippen molar-refractivity contribution in [2.24, 2.45) is 5.73 Å². The van der Waals surface area contributed by atoms with Gasteiger partial charge in [0.05, 0.1) is 6.54 Å². The van der Waals surface area contributed by atoms with Crippen molar-refractivity contribution in [3.05, 3.63) is 0 Å². The normalized spacial score (nSPS) is 14.8. The van der Waals surface area contributed by atoms with Crippen LogP contribution >= 0.6 is 0 Å². The van der Waals surface area contributed by atoms with Crippen LogP contribution in [0.2, 0.25) is 0 Å². The van der Waals surface area contributed by atoms with E-state index in [0.29, 0.717) is 0 Å². The van der Waals surface area contributed by atoms with E-state index in [-0.39, 0.29) is 24.5 Å². The van der Waals surface area contributed by atoms with Gasteiger partial charge in [-0.2, -0.15) is 0 Å². The summed E-state index contributed by atoms with van der Waals surface area (Å²) in [6.07, 6.45) is 0. The molecule has 0 saturated carbocycles. The third-order valence-corrected chi connectivity index (χ3v) is 2.59. The highest BCUT2D eigenvalue weighted by atomic mass is 16.2. The van der Waals surface area contributed by atoms with E-state index in [1.807, 2.05) is 0 Å². The van der Waals surface area contributed by atoms with E-state index in [1.54, 1.807) is 13.8 Å². The number of carbonyl (C=O) groups excluding carboxylic acids is 3. The number of hydrogen-bond donors (Lipinski definition) is 5. The Hall–Kier alpha value is -1.83. The first-order valence-corrected chi connectivity index (χ1v) is 6.08. The Balaban J connectivity index is 4.08. The summed E-state index contributed by atoms with van der Waals surface area (Å²) < 4.78 is 0. The SMILES string of the molecule is CNC(=O)CNC(=O)C(C)NC(=O)NC(C)C(C)N. The maximum absolute atomic E-state index is 11.6. The van der Waals surface area contributed by atoms with Crippen molar-refractivity contribution < 1.29 is 14.4 Å². The molecule has 0 rings (SSSR count). The first-order chi connectivity index (χ1) is 8.77. The van der Waals surface area contributed by atoms with Gasteiger partial charge in [0.2, 0.25) is 11.8 Å².